The molecule has 0 aliphatic heterocycles. The maximum Gasteiger partial charge on any atom is 0.251 e. The Labute approximate surface area is 124 Å². The predicted molar refractivity (Wildman–Crippen MR) is 83.5 cm³/mol. The molecule has 2 aromatic rings. The van der Waals surface area contributed by atoms with Crippen molar-refractivity contribution in [2.45, 2.75) is 0 Å². The maximum atomic E-state index is 11.9. The number of likely N-dealkylation sites (N-methyl/N-ethyl adjacent to an activating group) is 1. The van der Waals surface area contributed by atoms with Crippen LogP contribution in [0.5, 0.6) is 0 Å². The Hall–Kier alpha value is -2.00. The van der Waals surface area contributed by atoms with Gasteiger partial charge < -0.3 is 10.2 Å². The SMILES string of the molecule is CN(CCNC(=O)c1ccc(Cl)cc1)c1ccccc1. The molecule has 104 valence electrons. The summed E-state index contributed by atoms with van der Waals surface area (Å²) in [6.45, 7) is 1.34. The first-order valence-corrected chi connectivity index (χ1v) is 6.84. The summed E-state index contributed by atoms with van der Waals surface area (Å²) in [5.74, 6) is -0.0804. The van der Waals surface area contributed by atoms with E-state index in [1.165, 1.54) is 0 Å². The minimum absolute atomic E-state index is 0.0804. The smallest absolute Gasteiger partial charge is 0.251 e. The Kier molecular flexibility index (Phi) is 5.02. The molecule has 1 N–H and O–H groups in total. The minimum Gasteiger partial charge on any atom is -0.373 e. The van der Waals surface area contributed by atoms with Gasteiger partial charge in [-0.2, -0.15) is 0 Å². The number of amides is 1. The van der Waals surface area contributed by atoms with Gasteiger partial charge in [0.1, 0.15) is 0 Å². The van der Waals surface area contributed by atoms with Crippen molar-refractivity contribution in [3.05, 3.63) is 65.2 Å². The van der Waals surface area contributed by atoms with E-state index in [1.54, 1.807) is 24.3 Å². The van der Waals surface area contributed by atoms with Gasteiger partial charge in [0.25, 0.3) is 5.91 Å². The van der Waals surface area contributed by atoms with Crippen LogP contribution in [0.4, 0.5) is 5.69 Å². The van der Waals surface area contributed by atoms with Crippen LogP contribution in [0.1, 0.15) is 10.4 Å². The summed E-state index contributed by atoms with van der Waals surface area (Å²) in [5.41, 5.74) is 1.75. The molecule has 0 radical (unpaired) electrons. The molecule has 0 aromatic heterocycles. The number of carbonyl (C=O) groups is 1. The molecule has 0 aliphatic rings. The van der Waals surface area contributed by atoms with Crippen molar-refractivity contribution >= 4 is 23.2 Å². The Morgan fingerprint density at radius 2 is 1.75 bits per heavy atom. The lowest BCUT2D eigenvalue weighted by atomic mass is 10.2. The summed E-state index contributed by atoms with van der Waals surface area (Å²) in [5, 5.41) is 3.53. The number of rotatable bonds is 5. The van der Waals surface area contributed by atoms with Crippen molar-refractivity contribution in [1.82, 2.24) is 5.32 Å². The van der Waals surface area contributed by atoms with E-state index >= 15 is 0 Å². The van der Waals surface area contributed by atoms with E-state index in [0.29, 0.717) is 17.1 Å². The summed E-state index contributed by atoms with van der Waals surface area (Å²) < 4.78 is 0. The zero-order chi connectivity index (χ0) is 14.4. The van der Waals surface area contributed by atoms with Crippen molar-refractivity contribution in [2.75, 3.05) is 25.0 Å². The Bertz CT molecular complexity index is 554. The van der Waals surface area contributed by atoms with Crippen LogP contribution in [0.3, 0.4) is 0 Å². The Morgan fingerprint density at radius 1 is 1.10 bits per heavy atom. The molecule has 0 aliphatic carbocycles. The largest absolute Gasteiger partial charge is 0.373 e. The molecule has 0 saturated carbocycles. The molecule has 0 bridgehead atoms. The van der Waals surface area contributed by atoms with Crippen LogP contribution in [-0.4, -0.2) is 26.0 Å². The lowest BCUT2D eigenvalue weighted by molar-refractivity contribution is 0.0955. The fourth-order valence-corrected chi connectivity index (χ4v) is 1.98. The van der Waals surface area contributed by atoms with Crippen molar-refractivity contribution in [3.63, 3.8) is 0 Å². The van der Waals surface area contributed by atoms with Crippen LogP contribution in [0, 0.1) is 0 Å². The summed E-state index contributed by atoms with van der Waals surface area (Å²) in [6.07, 6.45) is 0. The monoisotopic (exact) mass is 288 g/mol. The van der Waals surface area contributed by atoms with E-state index in [2.05, 4.69) is 10.2 Å². The molecule has 1 amide bonds. The third-order valence-electron chi connectivity index (χ3n) is 3.04. The van der Waals surface area contributed by atoms with Crippen LogP contribution in [0.25, 0.3) is 0 Å². The summed E-state index contributed by atoms with van der Waals surface area (Å²) in [4.78, 5) is 14.0. The second kappa shape index (κ2) is 6.96. The highest BCUT2D eigenvalue weighted by atomic mass is 35.5. The van der Waals surface area contributed by atoms with Crippen molar-refractivity contribution < 1.29 is 4.79 Å². The highest BCUT2D eigenvalue weighted by Gasteiger charge is 2.05. The van der Waals surface area contributed by atoms with Crippen LogP contribution in [0.2, 0.25) is 5.02 Å². The Balaban J connectivity index is 1.81. The van der Waals surface area contributed by atoms with E-state index in [1.807, 2.05) is 37.4 Å². The van der Waals surface area contributed by atoms with Gasteiger partial charge >= 0.3 is 0 Å². The quantitative estimate of drug-likeness (QED) is 0.916. The average Bonchev–Trinajstić information content (AvgIpc) is 2.48. The molecule has 0 heterocycles. The zero-order valence-electron chi connectivity index (χ0n) is 11.3. The van der Waals surface area contributed by atoms with Crippen molar-refractivity contribution in [3.8, 4) is 0 Å². The van der Waals surface area contributed by atoms with Gasteiger partial charge in [-0.3, -0.25) is 4.79 Å². The molecular formula is C16H17ClN2O. The first-order valence-electron chi connectivity index (χ1n) is 6.47. The molecule has 2 rings (SSSR count). The molecule has 2 aromatic carbocycles. The van der Waals surface area contributed by atoms with Gasteiger partial charge in [-0.25, -0.2) is 0 Å². The number of carbonyl (C=O) groups excluding carboxylic acids is 1. The number of nitrogens with zero attached hydrogens (tertiary/aromatic N) is 1. The number of benzene rings is 2. The third-order valence-corrected chi connectivity index (χ3v) is 3.29. The normalized spacial score (nSPS) is 10.1. The van der Waals surface area contributed by atoms with Crippen molar-refractivity contribution in [2.24, 2.45) is 0 Å². The van der Waals surface area contributed by atoms with Gasteiger partial charge in [-0.1, -0.05) is 29.8 Å². The molecule has 0 spiro atoms. The van der Waals surface area contributed by atoms with Crippen LogP contribution < -0.4 is 10.2 Å². The topological polar surface area (TPSA) is 32.3 Å². The zero-order valence-corrected chi connectivity index (χ0v) is 12.1. The van der Waals surface area contributed by atoms with Crippen molar-refractivity contribution in [1.29, 1.82) is 0 Å². The average molecular weight is 289 g/mol. The Morgan fingerprint density at radius 3 is 2.40 bits per heavy atom. The number of para-hydroxylation sites is 1. The summed E-state index contributed by atoms with van der Waals surface area (Å²) >= 11 is 5.79. The van der Waals surface area contributed by atoms with Gasteiger partial charge in [0.2, 0.25) is 0 Å². The number of hydrogen-bond donors (Lipinski definition) is 1. The number of nitrogens with one attached hydrogen (secondary N) is 1. The highest BCUT2D eigenvalue weighted by Crippen LogP contribution is 2.10. The van der Waals surface area contributed by atoms with Gasteiger partial charge in [0, 0.05) is 36.4 Å². The molecule has 20 heavy (non-hydrogen) atoms. The summed E-state index contributed by atoms with van der Waals surface area (Å²) in [6, 6.07) is 16.9. The third kappa shape index (κ3) is 4.00. The molecule has 0 unspecified atom stereocenters. The lowest BCUT2D eigenvalue weighted by Gasteiger charge is -2.19. The van der Waals surface area contributed by atoms with Crippen LogP contribution in [-0.2, 0) is 0 Å². The van der Waals surface area contributed by atoms with E-state index in [0.717, 1.165) is 12.2 Å². The first-order chi connectivity index (χ1) is 9.66. The first kappa shape index (κ1) is 14.4. The van der Waals surface area contributed by atoms with E-state index in [-0.39, 0.29) is 5.91 Å². The number of hydrogen-bond acceptors (Lipinski definition) is 2. The summed E-state index contributed by atoms with van der Waals surface area (Å²) in [7, 11) is 2.00. The van der Waals surface area contributed by atoms with Gasteiger partial charge in [0.05, 0.1) is 0 Å². The lowest BCUT2D eigenvalue weighted by Crippen LogP contribution is -2.32. The maximum absolute atomic E-state index is 11.9. The van der Waals surface area contributed by atoms with Crippen LogP contribution >= 0.6 is 11.6 Å². The number of anilines is 1. The van der Waals surface area contributed by atoms with Gasteiger partial charge in [0.15, 0.2) is 0 Å². The fourth-order valence-electron chi connectivity index (χ4n) is 1.85. The van der Waals surface area contributed by atoms with E-state index in [4.69, 9.17) is 11.6 Å². The van der Waals surface area contributed by atoms with Gasteiger partial charge in [-0.05, 0) is 36.4 Å². The fraction of sp³-hybridized carbons (Fsp3) is 0.188. The second-order valence-corrected chi connectivity index (χ2v) is 4.96. The highest BCUT2D eigenvalue weighted by molar-refractivity contribution is 6.30. The standard InChI is InChI=1S/C16H17ClN2O/c1-19(15-5-3-2-4-6-15)12-11-18-16(20)13-7-9-14(17)10-8-13/h2-10H,11-12H2,1H3,(H,18,20). The predicted octanol–water partition coefficient (Wildman–Crippen LogP) is 3.21. The molecule has 0 saturated heterocycles. The van der Waals surface area contributed by atoms with Crippen LogP contribution in [0.15, 0.2) is 54.6 Å². The van der Waals surface area contributed by atoms with E-state index < -0.39 is 0 Å². The molecule has 0 atom stereocenters. The number of halogens is 1. The molecule has 3 nitrogen and oxygen atoms in total. The van der Waals surface area contributed by atoms with E-state index in [9.17, 15) is 4.79 Å². The van der Waals surface area contributed by atoms with Gasteiger partial charge in [-0.15, -0.1) is 0 Å². The molecule has 0 fully saturated rings. The molecule has 4 heteroatoms. The molecular weight excluding hydrogens is 272 g/mol. The second-order valence-electron chi connectivity index (χ2n) is 4.52. The minimum atomic E-state index is -0.0804.